The van der Waals surface area contributed by atoms with Crippen LogP contribution in [0, 0.1) is 13.8 Å². The third-order valence-electron chi connectivity index (χ3n) is 4.88. The highest BCUT2D eigenvalue weighted by Crippen LogP contribution is 2.18. The maximum Gasteiger partial charge on any atom is 0.266 e. The first-order valence-corrected chi connectivity index (χ1v) is 14.2. The van der Waals surface area contributed by atoms with Gasteiger partial charge in [0.2, 0.25) is 5.96 Å². The number of benzene rings is 1. The zero-order valence-corrected chi connectivity index (χ0v) is 21.1. The Morgan fingerprint density at radius 1 is 1.00 bits per heavy atom. The van der Waals surface area contributed by atoms with Crippen molar-refractivity contribution in [2.45, 2.75) is 30.2 Å². The van der Waals surface area contributed by atoms with Crippen molar-refractivity contribution in [3.63, 3.8) is 0 Å². The maximum absolute atomic E-state index is 13.3. The summed E-state index contributed by atoms with van der Waals surface area (Å²) in [4.78, 5) is 19.2. The smallest absolute Gasteiger partial charge is 0.266 e. The van der Waals surface area contributed by atoms with Crippen LogP contribution < -0.4 is 5.73 Å². The topological polar surface area (TPSA) is 133 Å². The van der Waals surface area contributed by atoms with E-state index in [1.54, 1.807) is 66.5 Å². The molecule has 2 heterocycles. The van der Waals surface area contributed by atoms with Gasteiger partial charge in [0, 0.05) is 40.9 Å². The van der Waals surface area contributed by atoms with Crippen LogP contribution in [0.15, 0.2) is 52.9 Å². The fraction of sp³-hybridized carbons (Fsp3) is 0.381. The van der Waals surface area contributed by atoms with Gasteiger partial charge in [0.1, 0.15) is 0 Å². The molecule has 0 spiro atoms. The van der Waals surface area contributed by atoms with Crippen molar-refractivity contribution < 1.29 is 8.42 Å². The predicted molar refractivity (Wildman–Crippen MR) is 136 cm³/mol. The van der Waals surface area contributed by atoms with Crippen molar-refractivity contribution in [3.05, 3.63) is 65.8 Å². The van der Waals surface area contributed by atoms with E-state index in [-0.39, 0.29) is 17.4 Å². The lowest BCUT2D eigenvalue weighted by atomic mass is 10.4. The lowest BCUT2D eigenvalue weighted by molar-refractivity contribution is 0.530. The first-order valence-electron chi connectivity index (χ1n) is 10.4. The number of aliphatic imine (C=N–C) groups is 1. The maximum atomic E-state index is 13.3. The van der Waals surface area contributed by atoms with Crippen LogP contribution in [0.4, 0.5) is 0 Å². The molecule has 2 aromatic heterocycles. The van der Waals surface area contributed by atoms with Crippen molar-refractivity contribution in [1.82, 2.24) is 24.2 Å². The van der Waals surface area contributed by atoms with Crippen molar-refractivity contribution in [2.24, 2.45) is 10.7 Å². The number of aryl methyl sites for hydroxylation is 2. The number of sulfonamides is 1. The molecule has 0 saturated heterocycles. The standard InChI is InChI=1S/C21H29N7O2S3/c1-16-19(26-14-24-16)12-31-10-8-23-21(22)28(33(29,30)18-6-4-3-5-7-18)9-11-32-13-20-17(2)25-15-27-20/h3-7,14-15H,8-13H2,1-2H3,(H2,22,23)(H,24,26)(H,25,27). The second-order valence-electron chi connectivity index (χ2n) is 7.18. The second-order valence-corrected chi connectivity index (χ2v) is 11.3. The first-order chi connectivity index (χ1) is 15.9. The largest absolute Gasteiger partial charge is 0.369 e. The van der Waals surface area contributed by atoms with Crippen LogP contribution in [0.2, 0.25) is 0 Å². The van der Waals surface area contributed by atoms with Crippen LogP contribution in [-0.2, 0) is 21.5 Å². The van der Waals surface area contributed by atoms with Gasteiger partial charge >= 0.3 is 0 Å². The van der Waals surface area contributed by atoms with Crippen LogP contribution in [-0.4, -0.2) is 63.2 Å². The normalized spacial score (nSPS) is 12.2. The molecule has 1 aromatic carbocycles. The number of thioether (sulfide) groups is 2. The molecule has 0 radical (unpaired) electrons. The summed E-state index contributed by atoms with van der Waals surface area (Å²) in [6.07, 6.45) is 3.34. The van der Waals surface area contributed by atoms with Crippen LogP contribution in [0.5, 0.6) is 0 Å². The Kier molecular flexibility index (Phi) is 9.27. The van der Waals surface area contributed by atoms with Crippen molar-refractivity contribution >= 4 is 39.5 Å². The number of rotatable bonds is 12. The van der Waals surface area contributed by atoms with Gasteiger partial charge < -0.3 is 15.7 Å². The number of guanidine groups is 1. The lowest BCUT2D eigenvalue weighted by Crippen LogP contribution is -2.43. The highest BCUT2D eigenvalue weighted by molar-refractivity contribution is 7.98. The molecule has 0 saturated carbocycles. The number of hydrogen-bond acceptors (Lipinski definition) is 7. The molecular formula is C21H29N7O2S3. The fourth-order valence-electron chi connectivity index (χ4n) is 2.93. The molecule has 0 fully saturated rings. The van der Waals surface area contributed by atoms with E-state index in [2.05, 4.69) is 24.9 Å². The van der Waals surface area contributed by atoms with E-state index in [0.717, 1.165) is 28.5 Å². The molecule has 0 aliphatic carbocycles. The molecule has 0 bridgehead atoms. The average Bonchev–Trinajstić information content (AvgIpc) is 3.41. The van der Waals surface area contributed by atoms with Gasteiger partial charge in [-0.05, 0) is 26.0 Å². The lowest BCUT2D eigenvalue weighted by Gasteiger charge is -2.23. The molecule has 9 nitrogen and oxygen atoms in total. The molecule has 33 heavy (non-hydrogen) atoms. The van der Waals surface area contributed by atoms with Crippen LogP contribution in [0.1, 0.15) is 22.8 Å². The van der Waals surface area contributed by atoms with E-state index >= 15 is 0 Å². The van der Waals surface area contributed by atoms with E-state index in [9.17, 15) is 8.42 Å². The summed E-state index contributed by atoms with van der Waals surface area (Å²) in [5.41, 5.74) is 10.2. The third kappa shape index (κ3) is 7.02. The molecule has 12 heteroatoms. The Labute approximate surface area is 203 Å². The highest BCUT2D eigenvalue weighted by atomic mass is 32.2. The molecule has 0 aliphatic rings. The SMILES string of the molecule is Cc1[nH]cnc1CSCCN=C(N)N(CCSCc1nc[nH]c1C)S(=O)(=O)c1ccccc1. The molecule has 0 unspecified atom stereocenters. The highest BCUT2D eigenvalue weighted by Gasteiger charge is 2.26. The fourth-order valence-corrected chi connectivity index (χ4v) is 6.23. The molecule has 178 valence electrons. The Hall–Kier alpha value is -2.44. The van der Waals surface area contributed by atoms with Gasteiger partial charge in [-0.15, -0.1) is 0 Å². The zero-order valence-electron chi connectivity index (χ0n) is 18.7. The molecule has 4 N–H and O–H groups in total. The van der Waals surface area contributed by atoms with Crippen LogP contribution >= 0.6 is 23.5 Å². The molecule has 0 amide bonds. The van der Waals surface area contributed by atoms with Crippen LogP contribution in [0.3, 0.4) is 0 Å². The van der Waals surface area contributed by atoms with Gasteiger partial charge in [0.05, 0.1) is 35.5 Å². The summed E-state index contributed by atoms with van der Waals surface area (Å²) in [7, 11) is -3.81. The quantitative estimate of drug-likeness (QED) is 0.195. The molecule has 3 rings (SSSR count). The second kappa shape index (κ2) is 12.1. The molecule has 0 atom stereocenters. The number of H-pyrrole nitrogens is 2. The molecular weight excluding hydrogens is 478 g/mol. The van der Waals surface area contributed by atoms with Crippen LogP contribution in [0.25, 0.3) is 0 Å². The number of hydrogen-bond donors (Lipinski definition) is 3. The van der Waals surface area contributed by atoms with Gasteiger partial charge in [-0.25, -0.2) is 22.7 Å². The van der Waals surface area contributed by atoms with Gasteiger partial charge in [0.15, 0.2) is 0 Å². The number of aromatic amines is 2. The van der Waals surface area contributed by atoms with Gasteiger partial charge in [-0.2, -0.15) is 23.5 Å². The van der Waals surface area contributed by atoms with Gasteiger partial charge in [-0.3, -0.25) is 4.99 Å². The third-order valence-corrected chi connectivity index (χ3v) is 8.60. The van der Waals surface area contributed by atoms with Crippen molar-refractivity contribution in [1.29, 1.82) is 0 Å². The minimum atomic E-state index is -3.81. The summed E-state index contributed by atoms with van der Waals surface area (Å²) < 4.78 is 27.7. The van der Waals surface area contributed by atoms with Crippen molar-refractivity contribution in [3.8, 4) is 0 Å². The molecule has 0 aliphatic heterocycles. The molecule has 3 aromatic rings. The monoisotopic (exact) mass is 507 g/mol. The summed E-state index contributed by atoms with van der Waals surface area (Å²) in [6.45, 7) is 4.59. The number of nitrogens with zero attached hydrogens (tertiary/aromatic N) is 4. The Balaban J connectivity index is 1.61. The zero-order chi connectivity index (χ0) is 23.7. The van der Waals surface area contributed by atoms with Crippen molar-refractivity contribution in [2.75, 3.05) is 24.6 Å². The average molecular weight is 508 g/mol. The minimum absolute atomic E-state index is 0.00644. The number of nitrogens with two attached hydrogens (primary N) is 1. The Morgan fingerprint density at radius 2 is 1.58 bits per heavy atom. The number of aromatic nitrogens is 4. The Bertz CT molecular complexity index is 1140. The van der Waals surface area contributed by atoms with Gasteiger partial charge in [0.25, 0.3) is 10.0 Å². The van der Waals surface area contributed by atoms with E-state index in [0.29, 0.717) is 23.8 Å². The predicted octanol–water partition coefficient (Wildman–Crippen LogP) is 2.92. The Morgan fingerprint density at radius 3 is 2.12 bits per heavy atom. The summed E-state index contributed by atoms with van der Waals surface area (Å²) >= 11 is 3.28. The summed E-state index contributed by atoms with van der Waals surface area (Å²) in [5.74, 6) is 2.72. The van der Waals surface area contributed by atoms with E-state index in [4.69, 9.17) is 5.73 Å². The first kappa shape index (κ1) is 25.2. The number of nitrogens with one attached hydrogen (secondary N) is 2. The minimum Gasteiger partial charge on any atom is -0.369 e. The van der Waals surface area contributed by atoms with Gasteiger partial charge in [-0.1, -0.05) is 18.2 Å². The van der Waals surface area contributed by atoms with E-state index < -0.39 is 10.0 Å². The summed E-state index contributed by atoms with van der Waals surface area (Å²) in [5, 5.41) is 0. The van der Waals surface area contributed by atoms with E-state index in [1.807, 2.05) is 13.8 Å². The number of imidazole rings is 2. The van der Waals surface area contributed by atoms with E-state index in [1.165, 1.54) is 4.31 Å². The summed E-state index contributed by atoms with van der Waals surface area (Å²) in [6, 6.07) is 8.30.